The molecule has 2 heterocycles. The first-order valence-electron chi connectivity index (χ1n) is 37.3. The van der Waals surface area contributed by atoms with E-state index in [1.807, 2.05) is 195 Å². The molecule has 109 heavy (non-hydrogen) atoms. The van der Waals surface area contributed by atoms with Crippen molar-refractivity contribution in [3.63, 3.8) is 0 Å². The molecule has 0 bridgehead atoms. The van der Waals surface area contributed by atoms with Gasteiger partial charge >= 0.3 is 17.9 Å². The number of aromatic hydroxyl groups is 1. The number of benzene rings is 9. The van der Waals surface area contributed by atoms with Crippen LogP contribution in [0.3, 0.4) is 0 Å². The van der Waals surface area contributed by atoms with Gasteiger partial charge in [0, 0.05) is 70.8 Å². The summed E-state index contributed by atoms with van der Waals surface area (Å²) in [6, 6.07) is 61.0. The third-order valence-corrected chi connectivity index (χ3v) is 18.7. The van der Waals surface area contributed by atoms with E-state index in [4.69, 9.17) is 18.9 Å². The van der Waals surface area contributed by atoms with Crippen molar-refractivity contribution in [3.8, 4) is 50.6 Å². The molecule has 9 aromatic rings. The number of nitrogens with one attached hydrogen (secondary N) is 3. The lowest BCUT2D eigenvalue weighted by molar-refractivity contribution is 0.00580. The summed E-state index contributed by atoms with van der Waals surface area (Å²) in [6.45, 7) is 31.7. The van der Waals surface area contributed by atoms with Gasteiger partial charge in [0.05, 0.1) is 63.7 Å². The van der Waals surface area contributed by atoms with Gasteiger partial charge in [0.15, 0.2) is 0 Å². The number of nitrogens with zero attached hydrogens (tertiary/aromatic N) is 4. The molecule has 572 valence electrons. The number of carbonyl (C=O) groups excluding carboxylic acids is 5. The van der Waals surface area contributed by atoms with E-state index in [-0.39, 0.29) is 39.9 Å². The van der Waals surface area contributed by atoms with Gasteiger partial charge in [0.25, 0.3) is 17.7 Å². The zero-order valence-electron chi connectivity index (χ0n) is 64.2. The number of anilines is 3. The molecule has 0 spiro atoms. The van der Waals surface area contributed by atoms with Gasteiger partial charge in [-0.15, -0.1) is 0 Å². The zero-order valence-corrected chi connectivity index (χ0v) is 65.8. The third-order valence-electron chi connectivity index (χ3n) is 18.1. The maximum absolute atomic E-state index is 13.8. The van der Waals surface area contributed by atoms with Gasteiger partial charge < -0.3 is 54.9 Å². The number of hydrogen-bond acceptors (Lipinski definition) is 15. The Kier molecular flexibility index (Phi) is 30.0. The Morgan fingerprint density at radius 3 is 1.07 bits per heavy atom. The number of carboxylic acid groups (broad SMARTS) is 1. The molecule has 20 heteroatoms. The van der Waals surface area contributed by atoms with Crippen LogP contribution in [-0.4, -0.2) is 155 Å². The highest BCUT2D eigenvalue weighted by molar-refractivity contribution is 9.08. The third kappa shape index (κ3) is 24.3. The van der Waals surface area contributed by atoms with E-state index >= 15 is 0 Å². The van der Waals surface area contributed by atoms with E-state index < -0.39 is 35.0 Å². The molecule has 2 saturated heterocycles. The number of hydrogen-bond donors (Lipinski definition) is 5. The molecule has 0 saturated carbocycles. The fraction of sp³-hybridized carbons (Fsp3) is 0.326. The van der Waals surface area contributed by atoms with Crippen LogP contribution in [0, 0.1) is 0 Å². The summed E-state index contributed by atoms with van der Waals surface area (Å²) in [5.74, 6) is -2.53. The molecule has 9 aromatic carbocycles. The van der Waals surface area contributed by atoms with Crippen LogP contribution in [0.4, 0.5) is 17.1 Å². The topological polar surface area (TPSA) is 229 Å². The number of alkyl halides is 1. The van der Waals surface area contributed by atoms with Gasteiger partial charge in [-0.05, 0) is 204 Å². The highest BCUT2D eigenvalue weighted by atomic mass is 79.9. The lowest BCUT2D eigenvalue weighted by atomic mass is 10.0. The highest BCUT2D eigenvalue weighted by Gasteiger charge is 2.28. The molecular formula is C89H102BrN7O12. The Morgan fingerprint density at radius 1 is 0.385 bits per heavy atom. The molecule has 0 radical (unpaired) electrons. The van der Waals surface area contributed by atoms with Crippen LogP contribution in [0.2, 0.25) is 0 Å². The Hall–Kier alpha value is -10.5. The fourth-order valence-electron chi connectivity index (χ4n) is 12.8. The zero-order chi connectivity index (χ0) is 78.2. The predicted octanol–water partition coefficient (Wildman–Crippen LogP) is 17.9. The van der Waals surface area contributed by atoms with Crippen LogP contribution in [-0.2, 0) is 27.9 Å². The van der Waals surface area contributed by atoms with Gasteiger partial charge in [0.1, 0.15) is 28.5 Å². The summed E-state index contributed by atoms with van der Waals surface area (Å²) in [6.07, 6.45) is 2.32. The first-order valence-corrected chi connectivity index (χ1v) is 38.5. The van der Waals surface area contributed by atoms with Crippen molar-refractivity contribution in [1.82, 2.24) is 19.6 Å². The van der Waals surface area contributed by atoms with E-state index in [9.17, 15) is 39.0 Å². The molecule has 19 nitrogen and oxygen atoms in total. The summed E-state index contributed by atoms with van der Waals surface area (Å²) in [5.41, 5.74) is 9.45. The van der Waals surface area contributed by atoms with Crippen LogP contribution in [0.25, 0.3) is 33.4 Å². The van der Waals surface area contributed by atoms with Gasteiger partial charge in [-0.3, -0.25) is 24.2 Å². The van der Waals surface area contributed by atoms with Crippen molar-refractivity contribution in [3.05, 3.63) is 250 Å². The highest BCUT2D eigenvalue weighted by Crippen LogP contribution is 2.34. The molecule has 3 amide bonds. The van der Waals surface area contributed by atoms with Crippen LogP contribution in [0.1, 0.15) is 161 Å². The van der Waals surface area contributed by atoms with Crippen molar-refractivity contribution < 1.29 is 57.9 Å². The Bertz CT molecular complexity index is 4570. The second kappa shape index (κ2) is 39.6. The summed E-state index contributed by atoms with van der Waals surface area (Å²) in [5, 5.41) is 29.3. The number of aromatic carboxylic acids is 1. The van der Waals surface area contributed by atoms with Gasteiger partial charge in [-0.2, -0.15) is 0 Å². The minimum atomic E-state index is -1.14. The van der Waals surface area contributed by atoms with Crippen LogP contribution in [0.5, 0.6) is 17.2 Å². The Morgan fingerprint density at radius 2 is 0.716 bits per heavy atom. The number of phenolic OH excluding ortho intramolecular Hbond substituents is 1. The monoisotopic (exact) mass is 1540 g/mol. The minimum absolute atomic E-state index is 0.0152. The molecule has 5 N–H and O–H groups in total. The number of carbonyl (C=O) groups is 6. The van der Waals surface area contributed by atoms with Crippen molar-refractivity contribution in [1.29, 1.82) is 0 Å². The molecule has 2 aliphatic heterocycles. The number of halogens is 1. The van der Waals surface area contributed by atoms with Crippen molar-refractivity contribution >= 4 is 68.6 Å². The van der Waals surface area contributed by atoms with Gasteiger partial charge in [0.2, 0.25) is 0 Å². The maximum Gasteiger partial charge on any atom is 0.340 e. The van der Waals surface area contributed by atoms with Crippen molar-refractivity contribution in [2.45, 2.75) is 112 Å². The summed E-state index contributed by atoms with van der Waals surface area (Å²) in [7, 11) is 0. The van der Waals surface area contributed by atoms with E-state index in [2.05, 4.69) is 65.3 Å². The standard InChI is InChI=1S/C34H43N3O4.C28H31N3O4.C27H28BrNO4/c1-6-17-36-18-20-37(21-19-36)24-25-13-16-31(40-7-2)29(22-25)32(38)35-30-23-27(26-11-9-8-10-12-26)14-15-28(30)33(39)41-34(3,4)5;1-2-12-30-13-15-31(16-14-30)19-20-8-11-26(32)24(17-20)27(33)29-25-18-22(9-10-23(25)28(34)35)21-6-4-3-5-7-21;1-5-32-24-14-11-18(17-28)15-22(24)25(30)29-23-16-20(19-9-7-6-8-10-19)12-13-21(23)26(31)33-27(2,3)4/h8-16,22-23H,6-7,17-21,24H2,1-5H3,(H,35,38);3-11,17-18,32H,2,12-16,19H2,1H3,(H,29,33)(H,34,35);6-16H,5,17H2,1-4H3,(H,29,30). The maximum atomic E-state index is 13.8. The largest absolute Gasteiger partial charge is 0.507 e. The van der Waals surface area contributed by atoms with Crippen LogP contribution in [0.15, 0.2) is 200 Å². The smallest absolute Gasteiger partial charge is 0.340 e. The van der Waals surface area contributed by atoms with E-state index in [1.54, 1.807) is 48.5 Å². The normalized spacial score (nSPS) is 13.5. The Balaban J connectivity index is 0.000000190. The van der Waals surface area contributed by atoms with Crippen LogP contribution < -0.4 is 25.4 Å². The second-order valence-electron chi connectivity index (χ2n) is 28.8. The van der Waals surface area contributed by atoms with Crippen molar-refractivity contribution in [2.24, 2.45) is 0 Å². The molecule has 0 atom stereocenters. The fourth-order valence-corrected chi connectivity index (χ4v) is 13.1. The first-order chi connectivity index (χ1) is 52.3. The average Bonchev–Trinajstić information content (AvgIpc) is 0.814. The quantitative estimate of drug-likeness (QED) is 0.0265. The Labute approximate surface area is 649 Å². The minimum Gasteiger partial charge on any atom is -0.507 e. The lowest BCUT2D eigenvalue weighted by Gasteiger charge is -2.34. The first kappa shape index (κ1) is 82.6. The number of esters is 2. The number of amides is 3. The van der Waals surface area contributed by atoms with Gasteiger partial charge in [-0.1, -0.05) is 157 Å². The summed E-state index contributed by atoms with van der Waals surface area (Å²) in [4.78, 5) is 87.8. The number of phenols is 1. The molecule has 2 aliphatic rings. The van der Waals surface area contributed by atoms with E-state index in [0.29, 0.717) is 64.7 Å². The molecule has 0 unspecified atom stereocenters. The molecular weight excluding hydrogens is 1440 g/mol. The van der Waals surface area contributed by atoms with Crippen molar-refractivity contribution in [2.75, 3.05) is 94.6 Å². The lowest BCUT2D eigenvalue weighted by Crippen LogP contribution is -2.45. The molecule has 0 aromatic heterocycles. The summed E-state index contributed by atoms with van der Waals surface area (Å²) < 4.78 is 22.7. The van der Waals surface area contributed by atoms with E-state index in [0.717, 1.165) is 128 Å². The second-order valence-corrected chi connectivity index (χ2v) is 29.4. The number of carboxylic acids is 1. The number of ether oxygens (including phenoxy) is 4. The molecule has 2 fully saturated rings. The molecule has 0 aliphatic carbocycles. The summed E-state index contributed by atoms with van der Waals surface area (Å²) >= 11 is 3.43. The van der Waals surface area contributed by atoms with Gasteiger partial charge in [-0.25, -0.2) is 14.4 Å². The molecule has 11 rings (SSSR count). The van der Waals surface area contributed by atoms with E-state index in [1.165, 1.54) is 18.6 Å². The average molecular weight is 1540 g/mol. The predicted molar refractivity (Wildman–Crippen MR) is 437 cm³/mol. The number of piperazine rings is 2. The SMILES string of the molecule is CCCN1CCN(Cc2ccc(O)c(C(=O)Nc3cc(-c4ccccc4)ccc3C(=O)O)c2)CC1.CCCN1CCN(Cc2ccc(OCC)c(C(=O)Nc3cc(-c4ccccc4)ccc3C(=O)OC(C)(C)C)c2)CC1.CCOc1ccc(CBr)cc1C(=O)Nc1cc(-c2ccccc2)ccc1C(=O)OC(C)(C)C. The van der Waals surface area contributed by atoms with Crippen LogP contribution >= 0.6 is 15.9 Å². The number of rotatable bonds is 25.